The first kappa shape index (κ1) is 11.5. The standard InChI is InChI=1S/C14H22N2/c1-11-4-3-5-12(2)16(11)14-8-6-13(10-15)7-9-14/h6-9,11-12H,3-5,10,15H2,1-2H3. The molecule has 1 aromatic rings. The molecular weight excluding hydrogens is 196 g/mol. The van der Waals surface area contributed by atoms with E-state index in [0.717, 1.165) is 0 Å². The second-order valence-electron chi connectivity index (χ2n) is 4.91. The molecule has 1 fully saturated rings. The molecule has 2 unspecified atom stereocenters. The van der Waals surface area contributed by atoms with E-state index in [1.165, 1.54) is 30.5 Å². The van der Waals surface area contributed by atoms with Crippen LogP contribution >= 0.6 is 0 Å². The lowest BCUT2D eigenvalue weighted by Gasteiger charge is -2.41. The molecule has 2 atom stereocenters. The van der Waals surface area contributed by atoms with Crippen molar-refractivity contribution in [3.63, 3.8) is 0 Å². The van der Waals surface area contributed by atoms with Crippen molar-refractivity contribution in [2.75, 3.05) is 4.90 Å². The van der Waals surface area contributed by atoms with E-state index in [0.29, 0.717) is 18.6 Å². The Kier molecular flexibility index (Phi) is 3.49. The molecule has 0 bridgehead atoms. The summed E-state index contributed by atoms with van der Waals surface area (Å²) in [5.41, 5.74) is 8.17. The Bertz CT molecular complexity index is 321. The quantitative estimate of drug-likeness (QED) is 0.827. The zero-order valence-corrected chi connectivity index (χ0v) is 10.3. The number of nitrogens with zero attached hydrogens (tertiary/aromatic N) is 1. The topological polar surface area (TPSA) is 29.3 Å². The van der Waals surface area contributed by atoms with Crippen molar-refractivity contribution in [2.24, 2.45) is 5.73 Å². The molecule has 0 amide bonds. The summed E-state index contributed by atoms with van der Waals surface area (Å²) in [5, 5.41) is 0. The molecule has 1 aliphatic heterocycles. The van der Waals surface area contributed by atoms with Crippen LogP contribution in [0.3, 0.4) is 0 Å². The van der Waals surface area contributed by atoms with E-state index >= 15 is 0 Å². The predicted octanol–water partition coefficient (Wildman–Crippen LogP) is 2.91. The molecule has 0 aliphatic carbocycles. The van der Waals surface area contributed by atoms with E-state index < -0.39 is 0 Å². The molecule has 0 spiro atoms. The molecule has 2 nitrogen and oxygen atoms in total. The van der Waals surface area contributed by atoms with Gasteiger partial charge in [-0.3, -0.25) is 0 Å². The third-order valence-electron chi connectivity index (χ3n) is 3.66. The maximum Gasteiger partial charge on any atom is 0.0371 e. The first-order valence-electron chi connectivity index (χ1n) is 6.29. The summed E-state index contributed by atoms with van der Waals surface area (Å²) in [5.74, 6) is 0. The van der Waals surface area contributed by atoms with Crippen molar-refractivity contribution in [1.29, 1.82) is 0 Å². The average molecular weight is 218 g/mol. The number of nitrogens with two attached hydrogens (primary N) is 1. The summed E-state index contributed by atoms with van der Waals surface area (Å²) < 4.78 is 0. The normalized spacial score (nSPS) is 25.8. The monoisotopic (exact) mass is 218 g/mol. The van der Waals surface area contributed by atoms with Crippen LogP contribution in [0.2, 0.25) is 0 Å². The molecule has 1 saturated heterocycles. The van der Waals surface area contributed by atoms with Crippen LogP contribution in [0.25, 0.3) is 0 Å². The molecule has 1 heterocycles. The van der Waals surface area contributed by atoms with Crippen LogP contribution in [0.15, 0.2) is 24.3 Å². The highest BCUT2D eigenvalue weighted by Gasteiger charge is 2.24. The Balaban J connectivity index is 2.20. The molecule has 0 radical (unpaired) electrons. The van der Waals surface area contributed by atoms with Gasteiger partial charge in [0.05, 0.1) is 0 Å². The van der Waals surface area contributed by atoms with Gasteiger partial charge in [0.15, 0.2) is 0 Å². The van der Waals surface area contributed by atoms with Crippen molar-refractivity contribution in [2.45, 2.75) is 51.7 Å². The fraction of sp³-hybridized carbons (Fsp3) is 0.571. The lowest BCUT2D eigenvalue weighted by Crippen LogP contribution is -2.43. The van der Waals surface area contributed by atoms with Crippen LogP contribution in [-0.4, -0.2) is 12.1 Å². The van der Waals surface area contributed by atoms with Crippen molar-refractivity contribution < 1.29 is 0 Å². The van der Waals surface area contributed by atoms with Crippen LogP contribution in [0, 0.1) is 0 Å². The Labute approximate surface area is 98.4 Å². The van der Waals surface area contributed by atoms with Gasteiger partial charge in [-0.25, -0.2) is 0 Å². The summed E-state index contributed by atoms with van der Waals surface area (Å²) in [4.78, 5) is 2.55. The van der Waals surface area contributed by atoms with Crippen LogP contribution in [-0.2, 0) is 6.54 Å². The van der Waals surface area contributed by atoms with E-state index in [9.17, 15) is 0 Å². The van der Waals surface area contributed by atoms with Crippen LogP contribution < -0.4 is 10.6 Å². The van der Waals surface area contributed by atoms with Gasteiger partial charge in [0.25, 0.3) is 0 Å². The molecular formula is C14H22N2. The molecule has 2 N–H and O–H groups in total. The summed E-state index contributed by atoms with van der Waals surface area (Å²) >= 11 is 0. The van der Waals surface area contributed by atoms with E-state index in [2.05, 4.69) is 43.0 Å². The third-order valence-corrected chi connectivity index (χ3v) is 3.66. The SMILES string of the molecule is CC1CCCC(C)N1c1ccc(CN)cc1. The van der Waals surface area contributed by atoms with Crippen LogP contribution in [0.5, 0.6) is 0 Å². The van der Waals surface area contributed by atoms with Gasteiger partial charge >= 0.3 is 0 Å². The molecule has 16 heavy (non-hydrogen) atoms. The minimum absolute atomic E-state index is 0.630. The summed E-state index contributed by atoms with van der Waals surface area (Å²) in [7, 11) is 0. The number of hydrogen-bond acceptors (Lipinski definition) is 2. The number of piperidine rings is 1. The van der Waals surface area contributed by atoms with Gasteiger partial charge in [0.1, 0.15) is 0 Å². The third kappa shape index (κ3) is 2.22. The van der Waals surface area contributed by atoms with E-state index in [4.69, 9.17) is 5.73 Å². The van der Waals surface area contributed by atoms with Crippen molar-refractivity contribution in [3.05, 3.63) is 29.8 Å². The second kappa shape index (κ2) is 4.88. The largest absolute Gasteiger partial charge is 0.366 e. The molecule has 0 saturated carbocycles. The predicted molar refractivity (Wildman–Crippen MR) is 69.6 cm³/mol. The Morgan fingerprint density at radius 1 is 1.12 bits per heavy atom. The van der Waals surface area contributed by atoms with Gasteiger partial charge in [-0.2, -0.15) is 0 Å². The lowest BCUT2D eigenvalue weighted by atomic mass is 9.96. The molecule has 88 valence electrons. The minimum atomic E-state index is 0.630. The Morgan fingerprint density at radius 3 is 2.19 bits per heavy atom. The smallest absolute Gasteiger partial charge is 0.0371 e. The van der Waals surface area contributed by atoms with Gasteiger partial charge in [0, 0.05) is 24.3 Å². The van der Waals surface area contributed by atoms with Crippen molar-refractivity contribution in [3.8, 4) is 0 Å². The lowest BCUT2D eigenvalue weighted by molar-refractivity contribution is 0.414. The van der Waals surface area contributed by atoms with Crippen molar-refractivity contribution in [1.82, 2.24) is 0 Å². The number of anilines is 1. The first-order valence-corrected chi connectivity index (χ1v) is 6.29. The first-order chi connectivity index (χ1) is 7.72. The summed E-state index contributed by atoms with van der Waals surface area (Å²) in [6.07, 6.45) is 3.98. The van der Waals surface area contributed by atoms with E-state index in [-0.39, 0.29) is 0 Å². The van der Waals surface area contributed by atoms with Gasteiger partial charge in [0.2, 0.25) is 0 Å². The van der Waals surface area contributed by atoms with Crippen LogP contribution in [0.4, 0.5) is 5.69 Å². The fourth-order valence-corrected chi connectivity index (χ4v) is 2.73. The van der Waals surface area contributed by atoms with Gasteiger partial charge in [-0.15, -0.1) is 0 Å². The minimum Gasteiger partial charge on any atom is -0.366 e. The summed E-state index contributed by atoms with van der Waals surface area (Å²) in [6, 6.07) is 10.0. The molecule has 1 aliphatic rings. The maximum absolute atomic E-state index is 5.62. The van der Waals surface area contributed by atoms with E-state index in [1.54, 1.807) is 0 Å². The fourth-order valence-electron chi connectivity index (χ4n) is 2.73. The Morgan fingerprint density at radius 2 is 1.69 bits per heavy atom. The zero-order chi connectivity index (χ0) is 11.5. The van der Waals surface area contributed by atoms with Gasteiger partial charge in [-0.05, 0) is 50.8 Å². The van der Waals surface area contributed by atoms with Gasteiger partial charge in [-0.1, -0.05) is 12.1 Å². The summed E-state index contributed by atoms with van der Waals surface area (Å²) in [6.45, 7) is 5.28. The highest BCUT2D eigenvalue weighted by atomic mass is 15.2. The zero-order valence-electron chi connectivity index (χ0n) is 10.3. The highest BCUT2D eigenvalue weighted by Crippen LogP contribution is 2.28. The molecule has 1 aromatic carbocycles. The number of hydrogen-bond donors (Lipinski definition) is 1. The number of rotatable bonds is 2. The molecule has 2 rings (SSSR count). The van der Waals surface area contributed by atoms with Gasteiger partial charge < -0.3 is 10.6 Å². The second-order valence-corrected chi connectivity index (χ2v) is 4.91. The maximum atomic E-state index is 5.62. The van der Waals surface area contributed by atoms with Crippen molar-refractivity contribution >= 4 is 5.69 Å². The van der Waals surface area contributed by atoms with E-state index in [1.807, 2.05) is 0 Å². The highest BCUT2D eigenvalue weighted by molar-refractivity contribution is 5.49. The Hall–Kier alpha value is -1.02. The number of benzene rings is 1. The average Bonchev–Trinajstić information content (AvgIpc) is 2.30. The molecule has 0 aromatic heterocycles. The molecule has 2 heteroatoms. The van der Waals surface area contributed by atoms with Crippen LogP contribution in [0.1, 0.15) is 38.7 Å².